The van der Waals surface area contributed by atoms with E-state index in [1.54, 1.807) is 7.11 Å². The highest BCUT2D eigenvalue weighted by Crippen LogP contribution is 2.37. The molecule has 1 atom stereocenters. The highest BCUT2D eigenvalue weighted by Gasteiger charge is 2.31. The number of unbranched alkanes of at least 4 members (excludes halogenated alkanes) is 1. The lowest BCUT2D eigenvalue weighted by Gasteiger charge is -2.23. The Bertz CT molecular complexity index is 455. The van der Waals surface area contributed by atoms with E-state index in [0.717, 1.165) is 44.4 Å². The van der Waals surface area contributed by atoms with Crippen molar-refractivity contribution in [1.29, 1.82) is 0 Å². The fraction of sp³-hybridized carbons (Fsp3) is 0.611. The second kappa shape index (κ2) is 9.16. The molecule has 1 fully saturated rings. The fourth-order valence-corrected chi connectivity index (χ4v) is 3.42. The molecule has 3 nitrogen and oxygen atoms in total. The minimum absolute atomic E-state index is 0.0396. The molecule has 2 rings (SSSR count). The number of methoxy groups -OCH3 is 1. The number of carbonyl (C=O) groups excluding carboxylic acids is 1. The van der Waals surface area contributed by atoms with Crippen LogP contribution in [0, 0.1) is 5.92 Å². The molecule has 1 saturated carbocycles. The van der Waals surface area contributed by atoms with Crippen LogP contribution in [-0.4, -0.2) is 26.2 Å². The van der Waals surface area contributed by atoms with E-state index in [1.807, 2.05) is 24.3 Å². The molecule has 0 aromatic heterocycles. The lowest BCUT2D eigenvalue weighted by atomic mass is 9.84. The van der Waals surface area contributed by atoms with Gasteiger partial charge in [-0.25, -0.2) is 0 Å². The van der Waals surface area contributed by atoms with Crippen LogP contribution in [0.1, 0.15) is 50.0 Å². The molecule has 1 aromatic rings. The van der Waals surface area contributed by atoms with Gasteiger partial charge in [-0.3, -0.25) is 4.79 Å². The van der Waals surface area contributed by atoms with Gasteiger partial charge in [0, 0.05) is 25.3 Å². The maximum absolute atomic E-state index is 12.7. The van der Waals surface area contributed by atoms with Gasteiger partial charge < -0.3 is 10.1 Å². The average molecular weight is 324 g/mol. The zero-order valence-electron chi connectivity index (χ0n) is 13.3. The number of carbonyl (C=O) groups is 1. The first-order valence-corrected chi connectivity index (χ1v) is 8.62. The maximum Gasteiger partial charge on any atom is 0.227 e. The summed E-state index contributed by atoms with van der Waals surface area (Å²) in [6.07, 6.45) is 6.68. The number of amides is 1. The number of ether oxygens (including phenoxy) is 1. The molecule has 0 spiro atoms. The smallest absolute Gasteiger partial charge is 0.227 e. The second-order valence-corrected chi connectivity index (χ2v) is 6.50. The number of halogens is 1. The molecule has 0 aliphatic heterocycles. The van der Waals surface area contributed by atoms with Gasteiger partial charge in [0.15, 0.2) is 0 Å². The van der Waals surface area contributed by atoms with E-state index in [2.05, 4.69) is 5.32 Å². The van der Waals surface area contributed by atoms with E-state index in [4.69, 9.17) is 16.3 Å². The minimum atomic E-state index is -0.0396. The number of rotatable bonds is 8. The van der Waals surface area contributed by atoms with Gasteiger partial charge in [-0.1, -0.05) is 36.6 Å². The summed E-state index contributed by atoms with van der Waals surface area (Å²) >= 11 is 5.98. The third-order valence-electron chi connectivity index (χ3n) is 4.46. The number of benzene rings is 1. The SMILES string of the molecule is COCCCCNC(=O)C(c1ccc(Cl)cc1)C1CCCC1. The first kappa shape index (κ1) is 17.3. The fourth-order valence-electron chi connectivity index (χ4n) is 3.29. The van der Waals surface area contributed by atoms with Crippen LogP contribution in [0.3, 0.4) is 0 Å². The summed E-state index contributed by atoms with van der Waals surface area (Å²) < 4.78 is 5.03. The molecule has 22 heavy (non-hydrogen) atoms. The van der Waals surface area contributed by atoms with Crippen LogP contribution in [0.5, 0.6) is 0 Å². The molecule has 1 N–H and O–H groups in total. The highest BCUT2D eigenvalue weighted by molar-refractivity contribution is 6.30. The zero-order chi connectivity index (χ0) is 15.8. The third-order valence-corrected chi connectivity index (χ3v) is 4.71. The number of hydrogen-bond donors (Lipinski definition) is 1. The molecule has 0 heterocycles. The Morgan fingerprint density at radius 1 is 1.27 bits per heavy atom. The first-order chi connectivity index (χ1) is 10.7. The van der Waals surface area contributed by atoms with Crippen molar-refractivity contribution in [3.63, 3.8) is 0 Å². The van der Waals surface area contributed by atoms with E-state index in [1.165, 1.54) is 12.8 Å². The molecule has 1 aromatic carbocycles. The Hall–Kier alpha value is -1.06. The van der Waals surface area contributed by atoms with Crippen LogP contribution in [0.15, 0.2) is 24.3 Å². The predicted octanol–water partition coefficient (Wildman–Crippen LogP) is 4.16. The Morgan fingerprint density at radius 2 is 1.95 bits per heavy atom. The van der Waals surface area contributed by atoms with Gasteiger partial charge in [-0.05, 0) is 49.3 Å². The van der Waals surface area contributed by atoms with Crippen molar-refractivity contribution in [3.05, 3.63) is 34.9 Å². The van der Waals surface area contributed by atoms with E-state index in [-0.39, 0.29) is 11.8 Å². The molecule has 1 amide bonds. The van der Waals surface area contributed by atoms with E-state index >= 15 is 0 Å². The van der Waals surface area contributed by atoms with Crippen LogP contribution in [-0.2, 0) is 9.53 Å². The normalized spacial score (nSPS) is 16.6. The average Bonchev–Trinajstić information content (AvgIpc) is 3.03. The first-order valence-electron chi connectivity index (χ1n) is 8.24. The minimum Gasteiger partial charge on any atom is -0.385 e. The van der Waals surface area contributed by atoms with Gasteiger partial charge in [0.1, 0.15) is 0 Å². The van der Waals surface area contributed by atoms with Crippen molar-refractivity contribution in [1.82, 2.24) is 5.32 Å². The van der Waals surface area contributed by atoms with Crippen molar-refractivity contribution < 1.29 is 9.53 Å². The zero-order valence-corrected chi connectivity index (χ0v) is 14.1. The summed E-state index contributed by atoms with van der Waals surface area (Å²) in [5.41, 5.74) is 1.09. The van der Waals surface area contributed by atoms with Gasteiger partial charge in [-0.2, -0.15) is 0 Å². The number of hydrogen-bond acceptors (Lipinski definition) is 2. The molecule has 0 radical (unpaired) electrons. The summed E-state index contributed by atoms with van der Waals surface area (Å²) in [7, 11) is 1.70. The lowest BCUT2D eigenvalue weighted by Crippen LogP contribution is -2.33. The molecular weight excluding hydrogens is 298 g/mol. The maximum atomic E-state index is 12.7. The van der Waals surface area contributed by atoms with E-state index in [9.17, 15) is 4.79 Å². The third kappa shape index (κ3) is 4.99. The molecule has 1 aliphatic carbocycles. The Labute approximate surface area is 138 Å². The Morgan fingerprint density at radius 3 is 2.59 bits per heavy atom. The van der Waals surface area contributed by atoms with Crippen LogP contribution in [0.2, 0.25) is 5.02 Å². The monoisotopic (exact) mass is 323 g/mol. The summed E-state index contributed by atoms with van der Waals surface area (Å²) in [5, 5.41) is 3.82. The summed E-state index contributed by atoms with van der Waals surface area (Å²) in [6.45, 7) is 1.47. The Kier molecular flexibility index (Phi) is 7.20. The molecule has 1 unspecified atom stereocenters. The van der Waals surface area contributed by atoms with Crippen molar-refractivity contribution in [2.45, 2.75) is 44.4 Å². The molecular formula is C18H26ClNO2. The van der Waals surface area contributed by atoms with Crippen molar-refractivity contribution in [2.75, 3.05) is 20.3 Å². The predicted molar refractivity (Wildman–Crippen MR) is 90.3 cm³/mol. The van der Waals surface area contributed by atoms with Crippen molar-refractivity contribution in [3.8, 4) is 0 Å². The largest absolute Gasteiger partial charge is 0.385 e. The molecule has 4 heteroatoms. The summed E-state index contributed by atoms with van der Waals surface area (Å²) in [5.74, 6) is 0.578. The quantitative estimate of drug-likeness (QED) is 0.730. The highest BCUT2D eigenvalue weighted by atomic mass is 35.5. The van der Waals surface area contributed by atoms with Crippen LogP contribution in [0.4, 0.5) is 0 Å². The van der Waals surface area contributed by atoms with E-state index in [0.29, 0.717) is 10.9 Å². The standard InChI is InChI=1S/C18H26ClNO2/c1-22-13-5-4-12-20-18(21)17(14-6-2-3-7-14)15-8-10-16(19)11-9-15/h8-11,14,17H,2-7,12-13H2,1H3,(H,20,21). The molecule has 0 bridgehead atoms. The van der Waals surface area contributed by atoms with Crippen LogP contribution in [0.25, 0.3) is 0 Å². The number of nitrogens with one attached hydrogen (secondary N) is 1. The van der Waals surface area contributed by atoms with Crippen molar-refractivity contribution in [2.24, 2.45) is 5.92 Å². The van der Waals surface area contributed by atoms with Gasteiger partial charge in [0.25, 0.3) is 0 Å². The Balaban J connectivity index is 1.97. The second-order valence-electron chi connectivity index (χ2n) is 6.06. The van der Waals surface area contributed by atoms with Crippen molar-refractivity contribution >= 4 is 17.5 Å². The van der Waals surface area contributed by atoms with Gasteiger partial charge in [0.05, 0.1) is 5.92 Å². The lowest BCUT2D eigenvalue weighted by molar-refractivity contribution is -0.123. The topological polar surface area (TPSA) is 38.3 Å². The van der Waals surface area contributed by atoms with E-state index < -0.39 is 0 Å². The van der Waals surface area contributed by atoms with Gasteiger partial charge in [-0.15, -0.1) is 0 Å². The van der Waals surface area contributed by atoms with Gasteiger partial charge >= 0.3 is 0 Å². The van der Waals surface area contributed by atoms with Crippen LogP contribution >= 0.6 is 11.6 Å². The molecule has 1 aliphatic rings. The summed E-state index contributed by atoms with van der Waals surface area (Å²) in [4.78, 5) is 12.7. The van der Waals surface area contributed by atoms with Gasteiger partial charge in [0.2, 0.25) is 5.91 Å². The molecule has 0 saturated heterocycles. The van der Waals surface area contributed by atoms with Crippen LogP contribution < -0.4 is 5.32 Å². The molecule has 122 valence electrons. The summed E-state index contributed by atoms with van der Waals surface area (Å²) in [6, 6.07) is 7.75.